The van der Waals surface area contributed by atoms with Crippen molar-refractivity contribution in [3.05, 3.63) is 64.2 Å². The number of amides is 1. The summed E-state index contributed by atoms with van der Waals surface area (Å²) in [4.78, 5) is 25.1. The quantitative estimate of drug-likeness (QED) is 0.729. The maximum Gasteiger partial charge on any atom is 0.251 e. The molecule has 0 heterocycles. The van der Waals surface area contributed by atoms with Gasteiger partial charge in [-0.05, 0) is 55.7 Å². The molecule has 148 valence electrons. The van der Waals surface area contributed by atoms with Gasteiger partial charge >= 0.3 is 0 Å². The van der Waals surface area contributed by atoms with E-state index >= 15 is 0 Å². The number of Topliss-reactive ketones (excluding diaryl/α,β-unsaturated/α-hetero) is 1. The molecule has 2 N–H and O–H groups in total. The fourth-order valence-electron chi connectivity index (χ4n) is 3.82. The first kappa shape index (κ1) is 20.4. The summed E-state index contributed by atoms with van der Waals surface area (Å²) < 4.78 is 0. The van der Waals surface area contributed by atoms with Gasteiger partial charge in [-0.1, -0.05) is 43.0 Å². The van der Waals surface area contributed by atoms with Gasteiger partial charge in [0.15, 0.2) is 0 Å². The summed E-state index contributed by atoms with van der Waals surface area (Å²) in [6.45, 7) is 2.11. The van der Waals surface area contributed by atoms with Crippen molar-refractivity contribution in [1.82, 2.24) is 5.32 Å². The monoisotopic (exact) mass is 399 g/mol. The zero-order chi connectivity index (χ0) is 20.1. The number of halogens is 1. The zero-order valence-corrected chi connectivity index (χ0v) is 16.9. The lowest BCUT2D eigenvalue weighted by Crippen LogP contribution is -2.47. The molecule has 2 aromatic carbocycles. The molecule has 0 atom stereocenters. The SMILES string of the molecule is CC1(NC(=O)c2cccc(CC(=O)Cc3cc(Cl)ccc3O)c2)CCCCC1. The minimum absolute atomic E-state index is 0.0469. The van der Waals surface area contributed by atoms with E-state index in [1.165, 1.54) is 12.5 Å². The highest BCUT2D eigenvalue weighted by atomic mass is 35.5. The number of nitrogens with one attached hydrogen (secondary N) is 1. The predicted octanol–water partition coefficient (Wildman–Crippen LogP) is 4.85. The molecule has 1 aliphatic rings. The average molecular weight is 400 g/mol. The van der Waals surface area contributed by atoms with Crippen LogP contribution in [0.1, 0.15) is 60.5 Å². The molecule has 1 fully saturated rings. The third kappa shape index (κ3) is 5.35. The lowest BCUT2D eigenvalue weighted by molar-refractivity contribution is -0.117. The maximum atomic E-state index is 12.7. The molecule has 0 unspecified atom stereocenters. The van der Waals surface area contributed by atoms with E-state index in [1.807, 2.05) is 6.07 Å². The second-order valence-corrected chi connectivity index (χ2v) is 8.38. The standard InChI is InChI=1S/C23H26ClNO3/c1-23(10-3-2-4-11-23)25-22(28)17-7-5-6-16(12-17)13-20(26)15-18-14-19(24)8-9-21(18)27/h5-9,12,14,27H,2-4,10-11,13,15H2,1H3,(H,25,28). The highest BCUT2D eigenvalue weighted by molar-refractivity contribution is 6.30. The number of hydrogen-bond donors (Lipinski definition) is 2. The molecule has 5 heteroatoms. The number of carbonyl (C=O) groups excluding carboxylic acids is 2. The molecular weight excluding hydrogens is 374 g/mol. The Morgan fingerprint density at radius 2 is 1.82 bits per heavy atom. The van der Waals surface area contributed by atoms with Crippen molar-refractivity contribution in [2.24, 2.45) is 0 Å². The minimum Gasteiger partial charge on any atom is -0.508 e. The lowest BCUT2D eigenvalue weighted by Gasteiger charge is -2.34. The van der Waals surface area contributed by atoms with Crippen LogP contribution in [0.15, 0.2) is 42.5 Å². The van der Waals surface area contributed by atoms with Gasteiger partial charge in [-0.25, -0.2) is 0 Å². The van der Waals surface area contributed by atoms with Crippen LogP contribution in [0, 0.1) is 0 Å². The molecule has 0 aliphatic heterocycles. The molecule has 1 aliphatic carbocycles. The summed E-state index contributed by atoms with van der Waals surface area (Å²) in [5.74, 6) is -0.0767. The van der Waals surface area contributed by atoms with Crippen molar-refractivity contribution in [2.45, 2.75) is 57.4 Å². The lowest BCUT2D eigenvalue weighted by atomic mass is 9.83. The van der Waals surface area contributed by atoms with E-state index in [2.05, 4.69) is 12.2 Å². The van der Waals surface area contributed by atoms with Crippen molar-refractivity contribution in [3.63, 3.8) is 0 Å². The number of hydrogen-bond acceptors (Lipinski definition) is 3. The maximum absolute atomic E-state index is 12.7. The van der Waals surface area contributed by atoms with Gasteiger partial charge in [0.2, 0.25) is 0 Å². The molecule has 3 rings (SSSR count). The number of phenols is 1. The second kappa shape index (κ2) is 8.78. The number of phenolic OH excluding ortho intramolecular Hbond substituents is 1. The van der Waals surface area contributed by atoms with Crippen LogP contribution in [0.3, 0.4) is 0 Å². The van der Waals surface area contributed by atoms with E-state index in [-0.39, 0.29) is 35.8 Å². The van der Waals surface area contributed by atoms with Gasteiger partial charge in [-0.2, -0.15) is 0 Å². The van der Waals surface area contributed by atoms with Gasteiger partial charge < -0.3 is 10.4 Å². The van der Waals surface area contributed by atoms with Crippen LogP contribution < -0.4 is 5.32 Å². The van der Waals surface area contributed by atoms with Gasteiger partial charge in [0, 0.05) is 34.5 Å². The van der Waals surface area contributed by atoms with Crippen LogP contribution in [0.5, 0.6) is 5.75 Å². The van der Waals surface area contributed by atoms with E-state index < -0.39 is 0 Å². The number of benzene rings is 2. The Labute approximate surface area is 170 Å². The molecule has 1 amide bonds. The topological polar surface area (TPSA) is 66.4 Å². The Hall–Kier alpha value is -2.33. The van der Waals surface area contributed by atoms with Crippen LogP contribution in [0.4, 0.5) is 0 Å². The Kier molecular flexibility index (Phi) is 6.40. The summed E-state index contributed by atoms with van der Waals surface area (Å²) in [6, 6.07) is 11.9. The summed E-state index contributed by atoms with van der Waals surface area (Å²) >= 11 is 5.94. The molecule has 4 nitrogen and oxygen atoms in total. The number of carbonyl (C=O) groups is 2. The fourth-order valence-corrected chi connectivity index (χ4v) is 4.02. The second-order valence-electron chi connectivity index (χ2n) is 7.94. The molecule has 0 bridgehead atoms. The van der Waals surface area contributed by atoms with Crippen LogP contribution in [0.2, 0.25) is 5.02 Å². The van der Waals surface area contributed by atoms with Crippen LogP contribution in [-0.4, -0.2) is 22.3 Å². The summed E-state index contributed by atoms with van der Waals surface area (Å²) in [6.07, 6.45) is 5.81. The van der Waals surface area contributed by atoms with Crippen molar-refractivity contribution in [1.29, 1.82) is 0 Å². The van der Waals surface area contributed by atoms with Crippen molar-refractivity contribution < 1.29 is 14.7 Å². The molecule has 0 spiro atoms. The number of ketones is 1. The highest BCUT2D eigenvalue weighted by Crippen LogP contribution is 2.28. The summed E-state index contributed by atoms with van der Waals surface area (Å²) in [5.41, 5.74) is 1.72. The van der Waals surface area contributed by atoms with E-state index in [9.17, 15) is 14.7 Å². The first-order chi connectivity index (χ1) is 13.3. The summed E-state index contributed by atoms with van der Waals surface area (Å²) in [7, 11) is 0. The fraction of sp³-hybridized carbons (Fsp3) is 0.391. The van der Waals surface area contributed by atoms with Gasteiger partial charge in [0.05, 0.1) is 0 Å². The van der Waals surface area contributed by atoms with Crippen LogP contribution in [0.25, 0.3) is 0 Å². The Balaban J connectivity index is 1.64. The molecule has 0 radical (unpaired) electrons. The van der Waals surface area contributed by atoms with Gasteiger partial charge in [0.25, 0.3) is 5.91 Å². The zero-order valence-electron chi connectivity index (χ0n) is 16.1. The van der Waals surface area contributed by atoms with Crippen molar-refractivity contribution in [3.8, 4) is 5.75 Å². The average Bonchev–Trinajstić information content (AvgIpc) is 2.65. The molecule has 0 saturated heterocycles. The molecule has 28 heavy (non-hydrogen) atoms. The van der Waals surface area contributed by atoms with Crippen LogP contribution >= 0.6 is 11.6 Å². The molecular formula is C23H26ClNO3. The van der Waals surface area contributed by atoms with Gasteiger partial charge in [-0.15, -0.1) is 0 Å². The largest absolute Gasteiger partial charge is 0.508 e. The smallest absolute Gasteiger partial charge is 0.251 e. The molecule has 0 aromatic heterocycles. The third-order valence-electron chi connectivity index (χ3n) is 5.39. The van der Waals surface area contributed by atoms with Crippen molar-refractivity contribution in [2.75, 3.05) is 0 Å². The molecule has 2 aromatic rings. The van der Waals surface area contributed by atoms with Crippen molar-refractivity contribution >= 4 is 23.3 Å². The van der Waals surface area contributed by atoms with E-state index in [1.54, 1.807) is 30.3 Å². The first-order valence-corrected chi connectivity index (χ1v) is 10.1. The Bertz CT molecular complexity index is 872. The van der Waals surface area contributed by atoms with E-state index in [4.69, 9.17) is 11.6 Å². The highest BCUT2D eigenvalue weighted by Gasteiger charge is 2.28. The predicted molar refractivity (Wildman–Crippen MR) is 111 cm³/mol. The van der Waals surface area contributed by atoms with Gasteiger partial charge in [-0.3, -0.25) is 9.59 Å². The summed E-state index contributed by atoms with van der Waals surface area (Å²) in [5, 5.41) is 13.5. The van der Waals surface area contributed by atoms with E-state index in [0.29, 0.717) is 16.1 Å². The third-order valence-corrected chi connectivity index (χ3v) is 5.63. The first-order valence-electron chi connectivity index (χ1n) is 9.75. The molecule has 1 saturated carbocycles. The number of rotatable bonds is 6. The van der Waals surface area contributed by atoms with Crippen LogP contribution in [-0.2, 0) is 17.6 Å². The Morgan fingerprint density at radius 3 is 2.57 bits per heavy atom. The van der Waals surface area contributed by atoms with E-state index in [0.717, 1.165) is 31.2 Å². The number of aromatic hydroxyl groups is 1. The van der Waals surface area contributed by atoms with Gasteiger partial charge in [0.1, 0.15) is 11.5 Å². The minimum atomic E-state index is -0.148. The Morgan fingerprint density at radius 1 is 1.07 bits per heavy atom. The normalized spacial score (nSPS) is 15.8.